The second-order valence-corrected chi connectivity index (χ2v) is 6.59. The number of rotatable bonds is 5. The molecule has 1 aliphatic rings. The molecule has 0 aromatic heterocycles. The topological polar surface area (TPSA) is 32.3 Å². The first-order valence-electron chi connectivity index (χ1n) is 8.60. The molecular formula is C20H23ClN2O. The highest BCUT2D eigenvalue weighted by molar-refractivity contribution is 6.31. The number of halogens is 1. The standard InChI is InChI=1S/C20H23ClN2O/c1-2-15(16-9-3-4-10-17(16)21)20(24)22-18-11-5-6-12-19(18)23-13-7-8-14-23/h3-6,9-12,15H,2,7-8,13-14H2,1H3,(H,22,24). The number of hydrogen-bond acceptors (Lipinski definition) is 2. The van der Waals surface area contributed by atoms with Gasteiger partial charge in [0.2, 0.25) is 5.91 Å². The van der Waals surface area contributed by atoms with Crippen molar-refractivity contribution in [3.8, 4) is 0 Å². The Balaban J connectivity index is 1.82. The first-order valence-corrected chi connectivity index (χ1v) is 8.97. The lowest BCUT2D eigenvalue weighted by atomic mass is 9.95. The van der Waals surface area contributed by atoms with Crippen molar-refractivity contribution in [1.29, 1.82) is 0 Å². The van der Waals surface area contributed by atoms with E-state index in [1.54, 1.807) is 0 Å². The van der Waals surface area contributed by atoms with Crippen LogP contribution in [0, 0.1) is 0 Å². The lowest BCUT2D eigenvalue weighted by Crippen LogP contribution is -2.24. The van der Waals surface area contributed by atoms with Crippen LogP contribution in [-0.2, 0) is 4.79 Å². The molecule has 3 rings (SSSR count). The zero-order valence-corrected chi connectivity index (χ0v) is 14.7. The summed E-state index contributed by atoms with van der Waals surface area (Å²) in [5, 5.41) is 3.77. The molecule has 1 saturated heterocycles. The Morgan fingerprint density at radius 3 is 2.50 bits per heavy atom. The molecule has 3 nitrogen and oxygen atoms in total. The van der Waals surface area contributed by atoms with Gasteiger partial charge in [-0.25, -0.2) is 0 Å². The Labute approximate surface area is 148 Å². The van der Waals surface area contributed by atoms with E-state index in [2.05, 4.69) is 16.3 Å². The number of carbonyl (C=O) groups excluding carboxylic acids is 1. The molecule has 1 fully saturated rings. The Morgan fingerprint density at radius 2 is 1.79 bits per heavy atom. The fraction of sp³-hybridized carbons (Fsp3) is 0.350. The molecule has 0 bridgehead atoms. The molecule has 1 atom stereocenters. The normalized spacial score (nSPS) is 15.3. The quantitative estimate of drug-likeness (QED) is 0.822. The number of hydrogen-bond donors (Lipinski definition) is 1. The van der Waals surface area contributed by atoms with Gasteiger partial charge < -0.3 is 10.2 Å². The molecule has 0 radical (unpaired) electrons. The first-order chi connectivity index (χ1) is 11.7. The molecule has 1 unspecified atom stereocenters. The van der Waals surface area contributed by atoms with Crippen molar-refractivity contribution in [2.24, 2.45) is 0 Å². The Morgan fingerprint density at radius 1 is 1.12 bits per heavy atom. The van der Waals surface area contributed by atoms with Gasteiger partial charge in [0, 0.05) is 18.1 Å². The predicted molar refractivity (Wildman–Crippen MR) is 101 cm³/mol. The van der Waals surface area contributed by atoms with E-state index in [4.69, 9.17) is 11.6 Å². The van der Waals surface area contributed by atoms with Crippen LogP contribution < -0.4 is 10.2 Å². The van der Waals surface area contributed by atoms with Crippen LogP contribution in [0.3, 0.4) is 0 Å². The highest BCUT2D eigenvalue weighted by atomic mass is 35.5. The first kappa shape index (κ1) is 16.8. The monoisotopic (exact) mass is 342 g/mol. The maximum Gasteiger partial charge on any atom is 0.232 e. The van der Waals surface area contributed by atoms with Gasteiger partial charge in [0.25, 0.3) is 0 Å². The third kappa shape index (κ3) is 3.57. The lowest BCUT2D eigenvalue weighted by molar-refractivity contribution is -0.117. The van der Waals surface area contributed by atoms with Crippen LogP contribution in [0.15, 0.2) is 48.5 Å². The van der Waals surface area contributed by atoms with Crippen molar-refractivity contribution >= 4 is 28.9 Å². The summed E-state index contributed by atoms with van der Waals surface area (Å²) in [4.78, 5) is 15.2. The summed E-state index contributed by atoms with van der Waals surface area (Å²) in [7, 11) is 0. The number of benzene rings is 2. The van der Waals surface area contributed by atoms with Crippen molar-refractivity contribution in [3.63, 3.8) is 0 Å². The number of para-hydroxylation sites is 2. The molecule has 4 heteroatoms. The van der Waals surface area contributed by atoms with Crippen LogP contribution in [0.5, 0.6) is 0 Å². The number of carbonyl (C=O) groups is 1. The maximum atomic E-state index is 12.9. The van der Waals surface area contributed by atoms with E-state index in [1.165, 1.54) is 12.8 Å². The molecule has 1 N–H and O–H groups in total. The molecule has 2 aromatic rings. The summed E-state index contributed by atoms with van der Waals surface area (Å²) >= 11 is 6.29. The second-order valence-electron chi connectivity index (χ2n) is 6.18. The van der Waals surface area contributed by atoms with Gasteiger partial charge in [0.1, 0.15) is 0 Å². The molecular weight excluding hydrogens is 320 g/mol. The molecule has 1 aliphatic heterocycles. The minimum absolute atomic E-state index is 0.00255. The summed E-state index contributed by atoms with van der Waals surface area (Å²) in [5.74, 6) is -0.248. The van der Waals surface area contributed by atoms with Gasteiger partial charge in [0.05, 0.1) is 17.3 Å². The second kappa shape index (κ2) is 7.71. The van der Waals surface area contributed by atoms with Crippen molar-refractivity contribution in [1.82, 2.24) is 0 Å². The molecule has 24 heavy (non-hydrogen) atoms. The summed E-state index contributed by atoms with van der Waals surface area (Å²) in [6.07, 6.45) is 3.13. The van der Waals surface area contributed by atoms with Gasteiger partial charge in [-0.2, -0.15) is 0 Å². The van der Waals surface area contributed by atoms with Crippen molar-refractivity contribution in [3.05, 3.63) is 59.1 Å². The van der Waals surface area contributed by atoms with Gasteiger partial charge in [-0.15, -0.1) is 0 Å². The van der Waals surface area contributed by atoms with E-state index in [1.807, 2.05) is 49.4 Å². The fourth-order valence-electron chi connectivity index (χ4n) is 3.34. The van der Waals surface area contributed by atoms with Crippen LogP contribution in [-0.4, -0.2) is 19.0 Å². The van der Waals surface area contributed by atoms with Crippen LogP contribution in [0.2, 0.25) is 5.02 Å². The summed E-state index contributed by atoms with van der Waals surface area (Å²) in [6, 6.07) is 15.6. The third-order valence-corrected chi connectivity index (χ3v) is 4.96. The van der Waals surface area contributed by atoms with E-state index in [0.717, 1.165) is 30.0 Å². The lowest BCUT2D eigenvalue weighted by Gasteiger charge is -2.23. The van der Waals surface area contributed by atoms with Crippen molar-refractivity contribution in [2.45, 2.75) is 32.1 Å². The number of nitrogens with one attached hydrogen (secondary N) is 1. The maximum absolute atomic E-state index is 12.9. The predicted octanol–water partition coefficient (Wildman–Crippen LogP) is 5.07. The minimum atomic E-state index is -0.245. The van der Waals surface area contributed by atoms with Gasteiger partial charge in [-0.3, -0.25) is 4.79 Å². The van der Waals surface area contributed by atoms with E-state index in [9.17, 15) is 4.79 Å². The average Bonchev–Trinajstić information content (AvgIpc) is 3.12. The summed E-state index contributed by atoms with van der Waals surface area (Å²) < 4.78 is 0. The third-order valence-electron chi connectivity index (χ3n) is 4.61. The van der Waals surface area contributed by atoms with Crippen LogP contribution >= 0.6 is 11.6 Å². The Kier molecular flexibility index (Phi) is 5.41. The molecule has 0 saturated carbocycles. The Bertz CT molecular complexity index is 710. The molecule has 1 amide bonds. The van der Waals surface area contributed by atoms with E-state index >= 15 is 0 Å². The minimum Gasteiger partial charge on any atom is -0.370 e. The zero-order chi connectivity index (χ0) is 16.9. The SMILES string of the molecule is CCC(C(=O)Nc1ccccc1N1CCCC1)c1ccccc1Cl. The molecule has 2 aromatic carbocycles. The van der Waals surface area contributed by atoms with Gasteiger partial charge >= 0.3 is 0 Å². The van der Waals surface area contributed by atoms with E-state index in [-0.39, 0.29) is 11.8 Å². The van der Waals surface area contributed by atoms with Crippen LogP contribution in [0.4, 0.5) is 11.4 Å². The van der Waals surface area contributed by atoms with E-state index < -0.39 is 0 Å². The van der Waals surface area contributed by atoms with Gasteiger partial charge in [0.15, 0.2) is 0 Å². The largest absolute Gasteiger partial charge is 0.370 e. The smallest absolute Gasteiger partial charge is 0.232 e. The molecule has 126 valence electrons. The van der Waals surface area contributed by atoms with Crippen LogP contribution in [0.1, 0.15) is 37.7 Å². The summed E-state index contributed by atoms with van der Waals surface area (Å²) in [6.45, 7) is 4.11. The Hall–Kier alpha value is -2.00. The molecule has 0 aliphatic carbocycles. The van der Waals surface area contributed by atoms with Crippen molar-refractivity contribution < 1.29 is 4.79 Å². The number of nitrogens with zero attached hydrogens (tertiary/aromatic N) is 1. The number of anilines is 2. The van der Waals surface area contributed by atoms with E-state index in [0.29, 0.717) is 11.4 Å². The molecule has 1 heterocycles. The fourth-order valence-corrected chi connectivity index (χ4v) is 3.60. The van der Waals surface area contributed by atoms with Crippen LogP contribution in [0.25, 0.3) is 0 Å². The van der Waals surface area contributed by atoms with Gasteiger partial charge in [-0.1, -0.05) is 48.9 Å². The summed E-state index contributed by atoms with van der Waals surface area (Å²) in [5.41, 5.74) is 2.88. The molecule has 0 spiro atoms. The number of amides is 1. The average molecular weight is 343 g/mol. The zero-order valence-electron chi connectivity index (χ0n) is 14.0. The van der Waals surface area contributed by atoms with Gasteiger partial charge in [-0.05, 0) is 43.0 Å². The van der Waals surface area contributed by atoms with Crippen molar-refractivity contribution in [2.75, 3.05) is 23.3 Å². The highest BCUT2D eigenvalue weighted by Gasteiger charge is 2.23. The highest BCUT2D eigenvalue weighted by Crippen LogP contribution is 2.32.